The molecule has 0 bridgehead atoms. The number of rotatable bonds is 5. The number of nitrogens with zero attached hydrogens (tertiary/aromatic N) is 2. The van der Waals surface area contributed by atoms with Gasteiger partial charge in [0.25, 0.3) is 0 Å². The van der Waals surface area contributed by atoms with Crippen molar-refractivity contribution in [2.45, 2.75) is 20.0 Å². The zero-order valence-electron chi connectivity index (χ0n) is 14.5. The lowest BCUT2D eigenvalue weighted by molar-refractivity contribution is 0.0341. The van der Waals surface area contributed by atoms with Crippen LogP contribution in [0.5, 0.6) is 0 Å². The summed E-state index contributed by atoms with van der Waals surface area (Å²) in [5.74, 6) is 0.754. The molecule has 0 amide bonds. The van der Waals surface area contributed by atoms with E-state index < -0.39 is 0 Å². The lowest BCUT2D eigenvalue weighted by Gasteiger charge is -2.27. The molecule has 3 rings (SSSR count). The van der Waals surface area contributed by atoms with Crippen LogP contribution < -0.4 is 10.6 Å². The van der Waals surface area contributed by atoms with Gasteiger partial charge in [-0.2, -0.15) is 0 Å². The monoisotopic (exact) mass is 356 g/mol. The van der Waals surface area contributed by atoms with Gasteiger partial charge in [0.1, 0.15) is 5.82 Å². The summed E-state index contributed by atoms with van der Waals surface area (Å²) in [6, 6.07) is 12.4. The number of aromatic nitrogens is 1. The van der Waals surface area contributed by atoms with Gasteiger partial charge < -0.3 is 15.4 Å². The Hall–Kier alpha value is -2.02. The van der Waals surface area contributed by atoms with Crippen LogP contribution in [0.25, 0.3) is 0 Å². The van der Waals surface area contributed by atoms with E-state index in [0.29, 0.717) is 11.7 Å². The van der Waals surface area contributed by atoms with Crippen LogP contribution in [0.3, 0.4) is 0 Å². The Morgan fingerprint density at radius 3 is 2.64 bits per heavy atom. The Morgan fingerprint density at radius 2 is 1.92 bits per heavy atom. The third-order valence-electron chi connectivity index (χ3n) is 4.21. The SMILES string of the molecule is Cc1ccc(NC(=S)NCc2ccccc2CN2CCOCC2)nc1. The molecule has 2 N–H and O–H groups in total. The van der Waals surface area contributed by atoms with Crippen LogP contribution in [-0.4, -0.2) is 41.3 Å². The second-order valence-corrected chi connectivity index (χ2v) is 6.59. The second-order valence-electron chi connectivity index (χ2n) is 6.19. The molecule has 0 aliphatic carbocycles. The van der Waals surface area contributed by atoms with E-state index in [0.717, 1.165) is 44.2 Å². The van der Waals surface area contributed by atoms with Crippen molar-refractivity contribution in [3.8, 4) is 0 Å². The molecule has 0 unspecified atom stereocenters. The average Bonchev–Trinajstić information content (AvgIpc) is 2.64. The van der Waals surface area contributed by atoms with E-state index in [2.05, 4.69) is 44.8 Å². The van der Waals surface area contributed by atoms with Crippen LogP contribution in [0, 0.1) is 6.92 Å². The molecule has 1 aromatic heterocycles. The molecule has 6 heteroatoms. The third-order valence-corrected chi connectivity index (χ3v) is 4.45. The number of hydrogen-bond donors (Lipinski definition) is 2. The van der Waals surface area contributed by atoms with Crippen molar-refractivity contribution in [2.24, 2.45) is 0 Å². The van der Waals surface area contributed by atoms with Crippen LogP contribution in [0.2, 0.25) is 0 Å². The Balaban J connectivity index is 1.55. The number of morpholine rings is 1. The van der Waals surface area contributed by atoms with E-state index in [1.165, 1.54) is 11.1 Å². The van der Waals surface area contributed by atoms with Gasteiger partial charge in [0.2, 0.25) is 0 Å². The maximum absolute atomic E-state index is 5.43. The van der Waals surface area contributed by atoms with Gasteiger partial charge in [-0.15, -0.1) is 0 Å². The predicted molar refractivity (Wildman–Crippen MR) is 105 cm³/mol. The molecule has 0 saturated carbocycles. The minimum Gasteiger partial charge on any atom is -0.379 e. The Morgan fingerprint density at radius 1 is 1.16 bits per heavy atom. The maximum atomic E-state index is 5.43. The number of thiocarbonyl (C=S) groups is 1. The van der Waals surface area contributed by atoms with Crippen LogP contribution in [0.4, 0.5) is 5.82 Å². The van der Waals surface area contributed by atoms with Gasteiger partial charge in [0.05, 0.1) is 13.2 Å². The van der Waals surface area contributed by atoms with Crippen molar-refractivity contribution in [1.29, 1.82) is 0 Å². The van der Waals surface area contributed by atoms with Crippen molar-refractivity contribution in [2.75, 3.05) is 31.6 Å². The fraction of sp³-hybridized carbons (Fsp3) is 0.368. The zero-order chi connectivity index (χ0) is 17.5. The molecule has 1 fully saturated rings. The number of aryl methyl sites for hydroxylation is 1. The number of hydrogen-bond acceptors (Lipinski definition) is 4. The largest absolute Gasteiger partial charge is 0.379 e. The smallest absolute Gasteiger partial charge is 0.172 e. The summed E-state index contributed by atoms with van der Waals surface area (Å²) >= 11 is 5.38. The molecular weight excluding hydrogens is 332 g/mol. The predicted octanol–water partition coefficient (Wildman–Crippen LogP) is 2.71. The number of benzene rings is 1. The Kier molecular flexibility index (Phi) is 6.33. The summed E-state index contributed by atoms with van der Waals surface area (Å²) in [6.07, 6.45) is 1.82. The van der Waals surface area contributed by atoms with Crippen LogP contribution >= 0.6 is 12.2 Å². The fourth-order valence-electron chi connectivity index (χ4n) is 2.76. The van der Waals surface area contributed by atoms with E-state index >= 15 is 0 Å². The molecule has 132 valence electrons. The molecule has 2 aromatic rings. The second kappa shape index (κ2) is 8.89. The van der Waals surface area contributed by atoms with Gasteiger partial charge in [0.15, 0.2) is 5.11 Å². The summed E-state index contributed by atoms with van der Waals surface area (Å²) in [7, 11) is 0. The lowest BCUT2D eigenvalue weighted by Crippen LogP contribution is -2.36. The fourth-order valence-corrected chi connectivity index (χ4v) is 2.94. The van der Waals surface area contributed by atoms with Gasteiger partial charge >= 0.3 is 0 Å². The summed E-state index contributed by atoms with van der Waals surface area (Å²) in [4.78, 5) is 6.74. The molecule has 1 saturated heterocycles. The number of pyridine rings is 1. The van der Waals surface area contributed by atoms with Crippen LogP contribution in [0.15, 0.2) is 42.6 Å². The van der Waals surface area contributed by atoms with Gasteiger partial charge in [0, 0.05) is 32.4 Å². The third kappa shape index (κ3) is 5.49. The molecule has 5 nitrogen and oxygen atoms in total. The standard InChI is InChI=1S/C19H24N4OS/c1-15-6-7-18(20-12-15)22-19(25)21-13-16-4-2-3-5-17(16)14-23-8-10-24-11-9-23/h2-7,12H,8-11,13-14H2,1H3,(H2,20,21,22,25). The molecule has 0 spiro atoms. The number of ether oxygens (including phenoxy) is 1. The minimum atomic E-state index is 0.581. The lowest BCUT2D eigenvalue weighted by atomic mass is 10.1. The van der Waals surface area contributed by atoms with E-state index in [9.17, 15) is 0 Å². The van der Waals surface area contributed by atoms with Gasteiger partial charge in [-0.1, -0.05) is 30.3 Å². The zero-order valence-corrected chi connectivity index (χ0v) is 15.3. The summed E-state index contributed by atoms with van der Waals surface area (Å²) in [6.45, 7) is 7.26. The molecule has 0 radical (unpaired) electrons. The number of anilines is 1. The first-order valence-electron chi connectivity index (χ1n) is 8.55. The van der Waals surface area contributed by atoms with Crippen LogP contribution in [0.1, 0.15) is 16.7 Å². The van der Waals surface area contributed by atoms with Crippen molar-refractivity contribution < 1.29 is 4.74 Å². The molecule has 1 aliphatic heterocycles. The van der Waals surface area contributed by atoms with Gasteiger partial charge in [-0.3, -0.25) is 4.90 Å². The molecule has 0 atom stereocenters. The van der Waals surface area contributed by atoms with E-state index in [1.807, 2.05) is 25.3 Å². The Labute approximate surface area is 154 Å². The first-order chi connectivity index (χ1) is 12.2. The first-order valence-corrected chi connectivity index (χ1v) is 8.96. The topological polar surface area (TPSA) is 49.4 Å². The molecule has 1 aliphatic rings. The van der Waals surface area contributed by atoms with Crippen molar-refractivity contribution >= 4 is 23.1 Å². The van der Waals surface area contributed by atoms with Crippen LogP contribution in [-0.2, 0) is 17.8 Å². The average molecular weight is 356 g/mol. The first kappa shape index (κ1) is 17.8. The highest BCUT2D eigenvalue weighted by atomic mass is 32.1. The minimum absolute atomic E-state index is 0.581. The quantitative estimate of drug-likeness (QED) is 0.804. The highest BCUT2D eigenvalue weighted by Crippen LogP contribution is 2.13. The molecule has 1 aromatic carbocycles. The van der Waals surface area contributed by atoms with Gasteiger partial charge in [-0.05, 0) is 41.9 Å². The normalized spacial score (nSPS) is 14.9. The van der Waals surface area contributed by atoms with Crippen molar-refractivity contribution in [3.63, 3.8) is 0 Å². The number of nitrogens with one attached hydrogen (secondary N) is 2. The van der Waals surface area contributed by atoms with Crippen molar-refractivity contribution in [3.05, 3.63) is 59.3 Å². The van der Waals surface area contributed by atoms with Crippen molar-refractivity contribution in [1.82, 2.24) is 15.2 Å². The summed E-state index contributed by atoms with van der Waals surface area (Å²) in [5, 5.41) is 6.98. The molecular formula is C19H24N4OS. The highest BCUT2D eigenvalue weighted by Gasteiger charge is 2.12. The molecule has 25 heavy (non-hydrogen) atoms. The maximum Gasteiger partial charge on any atom is 0.172 e. The van der Waals surface area contributed by atoms with E-state index in [-0.39, 0.29) is 0 Å². The summed E-state index contributed by atoms with van der Waals surface area (Å²) in [5.41, 5.74) is 3.71. The highest BCUT2D eigenvalue weighted by molar-refractivity contribution is 7.80. The van der Waals surface area contributed by atoms with E-state index in [1.54, 1.807) is 0 Å². The summed E-state index contributed by atoms with van der Waals surface area (Å²) < 4.78 is 5.43. The van der Waals surface area contributed by atoms with Gasteiger partial charge in [-0.25, -0.2) is 4.98 Å². The van der Waals surface area contributed by atoms with E-state index in [4.69, 9.17) is 17.0 Å². The molecule has 2 heterocycles. The Bertz CT molecular complexity index is 699.